The number of hydrogen-bond acceptors (Lipinski definition) is 4. The molecule has 2 rings (SSSR count). The molecule has 0 bridgehead atoms. The first-order valence-electron chi connectivity index (χ1n) is 8.34. The molecule has 0 aliphatic heterocycles. The summed E-state index contributed by atoms with van der Waals surface area (Å²) in [5.41, 5.74) is 1.01. The summed E-state index contributed by atoms with van der Waals surface area (Å²) in [6, 6.07) is 7.78. The third-order valence-electron chi connectivity index (χ3n) is 3.68. The van der Waals surface area contributed by atoms with Crippen molar-refractivity contribution in [2.75, 3.05) is 18.1 Å². The van der Waals surface area contributed by atoms with Crippen molar-refractivity contribution in [3.05, 3.63) is 41.6 Å². The standard InChI is InChI=1S/C18H22F3N3O/c1-4-10-25-16-15(18(19,20)21)12-22-17(23-16)24(6-3)14-9-7-8-13(5-2)11-14/h7-9,11-12H,4-6,10H2,1-3H3. The molecule has 136 valence electrons. The van der Waals surface area contributed by atoms with E-state index in [1.165, 1.54) is 0 Å². The molecule has 0 atom stereocenters. The Labute approximate surface area is 145 Å². The van der Waals surface area contributed by atoms with E-state index in [9.17, 15) is 13.2 Å². The van der Waals surface area contributed by atoms with Crippen LogP contribution in [0.25, 0.3) is 0 Å². The highest BCUT2D eigenvalue weighted by molar-refractivity contribution is 5.58. The van der Waals surface area contributed by atoms with Crippen molar-refractivity contribution in [3.8, 4) is 5.88 Å². The van der Waals surface area contributed by atoms with Gasteiger partial charge >= 0.3 is 6.18 Å². The minimum Gasteiger partial charge on any atom is -0.477 e. The van der Waals surface area contributed by atoms with Crippen molar-refractivity contribution in [3.63, 3.8) is 0 Å². The van der Waals surface area contributed by atoms with Gasteiger partial charge in [-0.15, -0.1) is 0 Å². The van der Waals surface area contributed by atoms with E-state index in [4.69, 9.17) is 4.74 Å². The molecule has 0 amide bonds. The number of rotatable bonds is 7. The normalized spacial score (nSPS) is 11.4. The van der Waals surface area contributed by atoms with Crippen LogP contribution in [-0.4, -0.2) is 23.1 Å². The van der Waals surface area contributed by atoms with Gasteiger partial charge < -0.3 is 9.64 Å². The smallest absolute Gasteiger partial charge is 0.423 e. The maximum atomic E-state index is 13.1. The Balaban J connectivity index is 2.45. The largest absolute Gasteiger partial charge is 0.477 e. The van der Waals surface area contributed by atoms with E-state index >= 15 is 0 Å². The Kier molecular flexibility index (Phi) is 6.22. The first kappa shape index (κ1) is 19.0. The van der Waals surface area contributed by atoms with E-state index in [1.54, 1.807) is 4.90 Å². The first-order valence-corrected chi connectivity index (χ1v) is 8.34. The van der Waals surface area contributed by atoms with Crippen molar-refractivity contribution in [1.29, 1.82) is 0 Å². The van der Waals surface area contributed by atoms with Crippen molar-refractivity contribution in [2.45, 2.75) is 39.8 Å². The highest BCUT2D eigenvalue weighted by Crippen LogP contribution is 2.36. The summed E-state index contributed by atoms with van der Waals surface area (Å²) in [6.07, 6.45) is -2.31. The molecule has 1 heterocycles. The van der Waals surface area contributed by atoms with E-state index in [-0.39, 0.29) is 12.6 Å². The average molecular weight is 353 g/mol. The Bertz CT molecular complexity index is 704. The Morgan fingerprint density at radius 1 is 1.16 bits per heavy atom. The Morgan fingerprint density at radius 3 is 2.52 bits per heavy atom. The molecular formula is C18H22F3N3O. The zero-order valence-corrected chi connectivity index (χ0v) is 14.6. The summed E-state index contributed by atoms with van der Waals surface area (Å²) in [6.45, 7) is 6.44. The number of ether oxygens (including phenoxy) is 1. The minimum atomic E-state index is -4.55. The molecule has 0 aliphatic rings. The molecule has 7 heteroatoms. The molecular weight excluding hydrogens is 331 g/mol. The lowest BCUT2D eigenvalue weighted by Gasteiger charge is -2.23. The minimum absolute atomic E-state index is 0.164. The van der Waals surface area contributed by atoms with E-state index in [1.807, 2.05) is 45.0 Å². The third kappa shape index (κ3) is 4.61. The lowest BCUT2D eigenvalue weighted by Crippen LogP contribution is -2.21. The summed E-state index contributed by atoms with van der Waals surface area (Å²) in [7, 11) is 0. The molecule has 0 saturated carbocycles. The predicted molar refractivity (Wildman–Crippen MR) is 91.3 cm³/mol. The van der Waals surface area contributed by atoms with E-state index in [2.05, 4.69) is 9.97 Å². The molecule has 2 aromatic rings. The molecule has 0 spiro atoms. The third-order valence-corrected chi connectivity index (χ3v) is 3.68. The van der Waals surface area contributed by atoms with Crippen LogP contribution in [0, 0.1) is 0 Å². The fourth-order valence-electron chi connectivity index (χ4n) is 2.37. The lowest BCUT2D eigenvalue weighted by atomic mass is 10.1. The average Bonchev–Trinajstić information content (AvgIpc) is 2.60. The quantitative estimate of drug-likeness (QED) is 0.702. The molecule has 0 saturated heterocycles. The van der Waals surface area contributed by atoms with Gasteiger partial charge in [-0.2, -0.15) is 18.2 Å². The molecule has 0 aliphatic carbocycles. The monoisotopic (exact) mass is 353 g/mol. The molecule has 25 heavy (non-hydrogen) atoms. The van der Waals surface area contributed by atoms with Crippen LogP contribution in [0.3, 0.4) is 0 Å². The molecule has 0 unspecified atom stereocenters. The molecule has 1 aromatic heterocycles. The number of hydrogen-bond donors (Lipinski definition) is 0. The molecule has 0 radical (unpaired) electrons. The second-order valence-corrected chi connectivity index (χ2v) is 5.50. The van der Waals surface area contributed by atoms with Crippen molar-refractivity contribution < 1.29 is 17.9 Å². The summed E-state index contributed by atoms with van der Waals surface area (Å²) >= 11 is 0. The van der Waals surface area contributed by atoms with Gasteiger partial charge in [-0.05, 0) is 37.5 Å². The predicted octanol–water partition coefficient (Wildman–Crippen LogP) is 5.00. The number of halogens is 3. The zero-order valence-electron chi connectivity index (χ0n) is 14.6. The van der Waals surface area contributed by atoms with Gasteiger partial charge in [0.25, 0.3) is 0 Å². The number of benzene rings is 1. The fourth-order valence-corrected chi connectivity index (χ4v) is 2.37. The van der Waals surface area contributed by atoms with Gasteiger partial charge in [-0.25, -0.2) is 4.98 Å². The highest BCUT2D eigenvalue weighted by Gasteiger charge is 2.36. The SMILES string of the molecule is CCCOc1nc(N(CC)c2cccc(CC)c2)ncc1C(F)(F)F. The maximum absolute atomic E-state index is 13.1. The van der Waals surface area contributed by atoms with Crippen LogP contribution >= 0.6 is 0 Å². The second kappa shape index (κ2) is 8.18. The van der Waals surface area contributed by atoms with Crippen LogP contribution in [0.2, 0.25) is 0 Å². The van der Waals surface area contributed by atoms with E-state index < -0.39 is 17.6 Å². The molecule has 4 nitrogen and oxygen atoms in total. The van der Waals surface area contributed by atoms with Crippen LogP contribution in [0.15, 0.2) is 30.5 Å². The van der Waals surface area contributed by atoms with Gasteiger partial charge in [0.1, 0.15) is 5.56 Å². The second-order valence-electron chi connectivity index (χ2n) is 5.50. The first-order chi connectivity index (χ1) is 11.9. The molecule has 0 N–H and O–H groups in total. The van der Waals surface area contributed by atoms with Crippen molar-refractivity contribution in [2.24, 2.45) is 0 Å². The number of aromatic nitrogens is 2. The summed E-state index contributed by atoms with van der Waals surface area (Å²) < 4.78 is 44.6. The van der Waals surface area contributed by atoms with E-state index in [0.29, 0.717) is 13.0 Å². The fraction of sp³-hybridized carbons (Fsp3) is 0.444. The van der Waals surface area contributed by atoms with E-state index in [0.717, 1.165) is 23.9 Å². The van der Waals surface area contributed by atoms with Crippen LogP contribution < -0.4 is 9.64 Å². The lowest BCUT2D eigenvalue weighted by molar-refractivity contribution is -0.139. The van der Waals surface area contributed by atoms with Crippen LogP contribution in [0.1, 0.15) is 38.3 Å². The molecule has 0 fully saturated rings. The van der Waals surface area contributed by atoms with Gasteiger partial charge in [-0.1, -0.05) is 26.0 Å². The van der Waals surface area contributed by atoms with Gasteiger partial charge in [0.15, 0.2) is 0 Å². The van der Waals surface area contributed by atoms with Crippen LogP contribution in [0.5, 0.6) is 5.88 Å². The summed E-state index contributed by atoms with van der Waals surface area (Å²) in [4.78, 5) is 9.75. The number of alkyl halides is 3. The van der Waals surface area contributed by atoms with Gasteiger partial charge in [0, 0.05) is 18.4 Å². The van der Waals surface area contributed by atoms with Gasteiger partial charge in [0.2, 0.25) is 11.8 Å². The Hall–Kier alpha value is -2.31. The zero-order chi connectivity index (χ0) is 18.4. The van der Waals surface area contributed by atoms with Gasteiger partial charge in [-0.3, -0.25) is 0 Å². The number of aryl methyl sites for hydroxylation is 1. The van der Waals surface area contributed by atoms with Crippen molar-refractivity contribution in [1.82, 2.24) is 9.97 Å². The number of nitrogens with zero attached hydrogens (tertiary/aromatic N) is 3. The highest BCUT2D eigenvalue weighted by atomic mass is 19.4. The van der Waals surface area contributed by atoms with Crippen LogP contribution in [0.4, 0.5) is 24.8 Å². The molecule has 1 aromatic carbocycles. The van der Waals surface area contributed by atoms with Crippen LogP contribution in [-0.2, 0) is 12.6 Å². The number of anilines is 2. The summed E-state index contributed by atoms with van der Waals surface area (Å²) in [5.74, 6) is -0.237. The maximum Gasteiger partial charge on any atom is 0.423 e. The summed E-state index contributed by atoms with van der Waals surface area (Å²) in [5, 5.41) is 0. The van der Waals surface area contributed by atoms with Crippen molar-refractivity contribution >= 4 is 11.6 Å². The Morgan fingerprint density at radius 2 is 1.92 bits per heavy atom. The topological polar surface area (TPSA) is 38.2 Å². The van der Waals surface area contributed by atoms with Gasteiger partial charge in [0.05, 0.1) is 6.61 Å².